The van der Waals surface area contributed by atoms with Crippen molar-refractivity contribution in [1.29, 1.82) is 0 Å². The summed E-state index contributed by atoms with van der Waals surface area (Å²) in [4.78, 5) is 0. The van der Waals surface area contributed by atoms with Gasteiger partial charge in [0.05, 0.1) is 13.7 Å². The minimum atomic E-state index is -0.367. The molecule has 3 nitrogen and oxygen atoms in total. The molecule has 4 heteroatoms. The summed E-state index contributed by atoms with van der Waals surface area (Å²) in [5.74, 6) is -0.128. The molecule has 2 unspecified atom stereocenters. The van der Waals surface area contributed by atoms with Gasteiger partial charge < -0.3 is 15.2 Å². The summed E-state index contributed by atoms with van der Waals surface area (Å²) >= 11 is 0. The van der Waals surface area contributed by atoms with Gasteiger partial charge in [-0.2, -0.15) is 0 Å². The van der Waals surface area contributed by atoms with E-state index in [2.05, 4.69) is 5.32 Å². The van der Waals surface area contributed by atoms with Gasteiger partial charge in [0, 0.05) is 12.1 Å². The maximum Gasteiger partial charge on any atom is 0.165 e. The first-order valence-corrected chi connectivity index (χ1v) is 5.28. The van der Waals surface area contributed by atoms with Crippen molar-refractivity contribution in [2.45, 2.75) is 25.9 Å². The number of aliphatic hydroxyl groups is 1. The topological polar surface area (TPSA) is 41.5 Å². The van der Waals surface area contributed by atoms with Crippen LogP contribution in [0.3, 0.4) is 0 Å². The van der Waals surface area contributed by atoms with Crippen molar-refractivity contribution >= 4 is 0 Å². The maximum atomic E-state index is 13.2. The second-order valence-corrected chi connectivity index (χ2v) is 3.87. The molecular formula is C12H18FNO2. The van der Waals surface area contributed by atoms with E-state index < -0.39 is 0 Å². The molecule has 1 aromatic carbocycles. The molecule has 2 N–H and O–H groups in total. The Kier molecular flexibility index (Phi) is 4.71. The molecule has 0 bridgehead atoms. The third kappa shape index (κ3) is 3.18. The Morgan fingerprint density at radius 3 is 2.69 bits per heavy atom. The highest BCUT2D eigenvalue weighted by atomic mass is 19.1. The van der Waals surface area contributed by atoms with E-state index in [4.69, 9.17) is 9.84 Å². The first-order valence-electron chi connectivity index (χ1n) is 5.28. The number of aliphatic hydroxyl groups excluding tert-OH is 1. The molecule has 0 amide bonds. The van der Waals surface area contributed by atoms with Crippen LogP contribution in [0.15, 0.2) is 18.2 Å². The largest absolute Gasteiger partial charge is 0.494 e. The van der Waals surface area contributed by atoms with Gasteiger partial charge in [-0.05, 0) is 31.5 Å². The predicted octanol–water partition coefficient (Wildman–Crippen LogP) is 1.87. The number of methoxy groups -OCH3 is 1. The van der Waals surface area contributed by atoms with Gasteiger partial charge in [-0.1, -0.05) is 6.07 Å². The Bertz CT molecular complexity index is 344. The molecule has 0 aliphatic heterocycles. The summed E-state index contributed by atoms with van der Waals surface area (Å²) in [5, 5.41) is 12.1. The molecule has 2 atom stereocenters. The van der Waals surface area contributed by atoms with Gasteiger partial charge in [-0.3, -0.25) is 0 Å². The first-order chi connectivity index (χ1) is 7.58. The van der Waals surface area contributed by atoms with Crippen molar-refractivity contribution in [2.24, 2.45) is 0 Å². The molecule has 0 saturated heterocycles. The van der Waals surface area contributed by atoms with Crippen LogP contribution in [0.1, 0.15) is 25.5 Å². The van der Waals surface area contributed by atoms with Crippen molar-refractivity contribution in [2.75, 3.05) is 13.7 Å². The van der Waals surface area contributed by atoms with E-state index in [9.17, 15) is 4.39 Å². The van der Waals surface area contributed by atoms with E-state index >= 15 is 0 Å². The minimum Gasteiger partial charge on any atom is -0.494 e. The normalized spacial score (nSPS) is 14.6. The molecule has 0 saturated carbocycles. The lowest BCUT2D eigenvalue weighted by molar-refractivity contribution is 0.243. The third-order valence-corrected chi connectivity index (χ3v) is 2.48. The van der Waals surface area contributed by atoms with Crippen LogP contribution < -0.4 is 10.1 Å². The van der Waals surface area contributed by atoms with Gasteiger partial charge in [0.1, 0.15) is 0 Å². The second kappa shape index (κ2) is 5.82. The van der Waals surface area contributed by atoms with E-state index in [1.165, 1.54) is 13.2 Å². The maximum absolute atomic E-state index is 13.2. The molecule has 0 fully saturated rings. The highest BCUT2D eigenvalue weighted by Crippen LogP contribution is 2.22. The van der Waals surface area contributed by atoms with Crippen LogP contribution in [-0.2, 0) is 0 Å². The lowest BCUT2D eigenvalue weighted by atomic mass is 10.1. The fourth-order valence-electron chi connectivity index (χ4n) is 1.52. The summed E-state index contributed by atoms with van der Waals surface area (Å²) in [6.07, 6.45) is 0. The van der Waals surface area contributed by atoms with Crippen LogP contribution >= 0.6 is 0 Å². The highest BCUT2D eigenvalue weighted by molar-refractivity contribution is 5.31. The van der Waals surface area contributed by atoms with Gasteiger partial charge >= 0.3 is 0 Å². The Labute approximate surface area is 95.2 Å². The van der Waals surface area contributed by atoms with Crippen molar-refractivity contribution in [1.82, 2.24) is 5.32 Å². The number of hydrogen-bond donors (Lipinski definition) is 2. The summed E-state index contributed by atoms with van der Waals surface area (Å²) in [5.41, 5.74) is 0.929. The Morgan fingerprint density at radius 1 is 1.44 bits per heavy atom. The smallest absolute Gasteiger partial charge is 0.165 e. The summed E-state index contributed by atoms with van der Waals surface area (Å²) in [6, 6.07) is 4.80. The van der Waals surface area contributed by atoms with Crippen LogP contribution in [0.4, 0.5) is 4.39 Å². The fourth-order valence-corrected chi connectivity index (χ4v) is 1.52. The van der Waals surface area contributed by atoms with E-state index in [0.717, 1.165) is 5.56 Å². The van der Waals surface area contributed by atoms with Crippen LogP contribution in [0.25, 0.3) is 0 Å². The highest BCUT2D eigenvalue weighted by Gasteiger charge is 2.11. The fraction of sp³-hybridized carbons (Fsp3) is 0.500. The third-order valence-electron chi connectivity index (χ3n) is 2.48. The van der Waals surface area contributed by atoms with E-state index in [1.54, 1.807) is 12.1 Å². The Hall–Kier alpha value is -1.13. The van der Waals surface area contributed by atoms with E-state index in [0.29, 0.717) is 0 Å². The summed E-state index contributed by atoms with van der Waals surface area (Å²) < 4.78 is 18.1. The van der Waals surface area contributed by atoms with Crippen LogP contribution in [0.2, 0.25) is 0 Å². The lowest BCUT2D eigenvalue weighted by Gasteiger charge is -2.19. The molecule has 16 heavy (non-hydrogen) atoms. The number of benzene rings is 1. The van der Waals surface area contributed by atoms with Crippen LogP contribution in [0.5, 0.6) is 5.75 Å². The molecule has 0 aromatic heterocycles. The van der Waals surface area contributed by atoms with Crippen LogP contribution in [0, 0.1) is 5.82 Å². The number of rotatable bonds is 5. The second-order valence-electron chi connectivity index (χ2n) is 3.87. The molecule has 0 aliphatic rings. The lowest BCUT2D eigenvalue weighted by Crippen LogP contribution is -2.31. The molecule has 0 spiro atoms. The molecule has 1 rings (SSSR count). The van der Waals surface area contributed by atoms with Crippen molar-refractivity contribution in [3.05, 3.63) is 29.6 Å². The van der Waals surface area contributed by atoms with E-state index in [-0.39, 0.29) is 30.3 Å². The zero-order valence-corrected chi connectivity index (χ0v) is 9.83. The standard InChI is InChI=1S/C12H18FNO2/c1-8(7-15)14-9(2)10-4-5-11(13)12(6-10)16-3/h4-6,8-9,14-15H,7H2,1-3H3. The van der Waals surface area contributed by atoms with Gasteiger partial charge in [-0.15, -0.1) is 0 Å². The first kappa shape index (κ1) is 12.9. The van der Waals surface area contributed by atoms with Gasteiger partial charge in [0.2, 0.25) is 0 Å². The Balaban J connectivity index is 2.79. The monoisotopic (exact) mass is 227 g/mol. The average molecular weight is 227 g/mol. The SMILES string of the molecule is COc1cc(C(C)NC(C)CO)ccc1F. The zero-order chi connectivity index (χ0) is 12.1. The zero-order valence-electron chi connectivity index (χ0n) is 9.83. The molecule has 0 radical (unpaired) electrons. The van der Waals surface area contributed by atoms with Gasteiger partial charge in [-0.25, -0.2) is 4.39 Å². The number of ether oxygens (including phenoxy) is 1. The molecular weight excluding hydrogens is 209 g/mol. The predicted molar refractivity (Wildman–Crippen MR) is 61.1 cm³/mol. The van der Waals surface area contributed by atoms with Crippen molar-refractivity contribution in [3.8, 4) is 5.75 Å². The Morgan fingerprint density at radius 2 is 2.12 bits per heavy atom. The van der Waals surface area contributed by atoms with Crippen LogP contribution in [-0.4, -0.2) is 24.9 Å². The van der Waals surface area contributed by atoms with Crippen molar-refractivity contribution < 1.29 is 14.2 Å². The summed E-state index contributed by atoms with van der Waals surface area (Å²) in [6.45, 7) is 3.92. The number of nitrogens with one attached hydrogen (secondary N) is 1. The van der Waals surface area contributed by atoms with E-state index in [1.807, 2.05) is 13.8 Å². The molecule has 0 heterocycles. The van der Waals surface area contributed by atoms with Gasteiger partial charge in [0.25, 0.3) is 0 Å². The minimum absolute atomic E-state index is 0.00560. The van der Waals surface area contributed by atoms with Crippen molar-refractivity contribution in [3.63, 3.8) is 0 Å². The molecule has 1 aromatic rings. The summed E-state index contributed by atoms with van der Waals surface area (Å²) in [7, 11) is 1.44. The molecule has 90 valence electrons. The van der Waals surface area contributed by atoms with Gasteiger partial charge in [0.15, 0.2) is 11.6 Å². The molecule has 0 aliphatic carbocycles. The quantitative estimate of drug-likeness (QED) is 0.806. The average Bonchev–Trinajstić information content (AvgIpc) is 2.29. The number of hydrogen-bond acceptors (Lipinski definition) is 3. The number of halogens is 1.